The number of hydrogen-bond donors (Lipinski definition) is 1. The summed E-state index contributed by atoms with van der Waals surface area (Å²) in [7, 11) is -3.42. The molecule has 0 spiro atoms. The van der Waals surface area contributed by atoms with Crippen molar-refractivity contribution in [3.05, 3.63) is 59.2 Å². The molecule has 1 N–H and O–H groups in total. The topological polar surface area (TPSA) is 75.7 Å². The fourth-order valence-electron chi connectivity index (χ4n) is 3.61. The third-order valence-electron chi connectivity index (χ3n) is 5.42. The van der Waals surface area contributed by atoms with Crippen molar-refractivity contribution in [1.82, 2.24) is 9.62 Å². The Kier molecular flexibility index (Phi) is 7.06. The van der Waals surface area contributed by atoms with E-state index < -0.39 is 10.0 Å². The molecule has 1 aliphatic heterocycles. The van der Waals surface area contributed by atoms with Gasteiger partial charge in [-0.05, 0) is 54.5 Å². The Bertz CT molecular complexity index is 1020. The average molecular weight is 445 g/mol. The Hall–Kier alpha value is -2.38. The summed E-state index contributed by atoms with van der Waals surface area (Å²) in [5.74, 6) is 0.485. The van der Waals surface area contributed by atoms with Gasteiger partial charge in [0.1, 0.15) is 5.75 Å². The molecule has 0 radical (unpaired) electrons. The number of nitrogens with one attached hydrogen (secondary N) is 1. The second-order valence-corrected chi connectivity index (χ2v) is 11.0. The van der Waals surface area contributed by atoms with E-state index in [1.165, 1.54) is 4.31 Å². The first-order chi connectivity index (χ1) is 14.6. The normalized spacial score (nSPS) is 15.1. The summed E-state index contributed by atoms with van der Waals surface area (Å²) < 4.78 is 32.5. The number of hydrogen-bond acceptors (Lipinski definition) is 4. The molecule has 1 aliphatic rings. The zero-order chi connectivity index (χ0) is 22.6. The van der Waals surface area contributed by atoms with Crippen molar-refractivity contribution < 1.29 is 17.9 Å². The number of benzene rings is 2. The van der Waals surface area contributed by atoms with Gasteiger partial charge in [0.15, 0.2) is 6.61 Å². The first-order valence-corrected chi connectivity index (χ1v) is 12.1. The summed E-state index contributed by atoms with van der Waals surface area (Å²) >= 11 is 0. The number of carbonyl (C=O) groups is 1. The van der Waals surface area contributed by atoms with Crippen LogP contribution in [0, 0.1) is 6.92 Å². The zero-order valence-corrected chi connectivity index (χ0v) is 19.6. The molecule has 6 nitrogen and oxygen atoms in total. The van der Waals surface area contributed by atoms with Gasteiger partial charge in [0, 0.05) is 19.6 Å². The molecule has 3 rings (SSSR count). The predicted molar refractivity (Wildman–Crippen MR) is 122 cm³/mol. The third kappa shape index (κ3) is 5.86. The van der Waals surface area contributed by atoms with E-state index in [0.29, 0.717) is 30.3 Å². The molecule has 1 heterocycles. The van der Waals surface area contributed by atoms with E-state index in [9.17, 15) is 13.2 Å². The molecule has 0 unspecified atom stereocenters. The Labute approximate surface area is 185 Å². The van der Waals surface area contributed by atoms with Crippen LogP contribution >= 0.6 is 0 Å². The average Bonchev–Trinajstić information content (AvgIpc) is 3.27. The van der Waals surface area contributed by atoms with Crippen LogP contribution in [-0.4, -0.2) is 38.3 Å². The molecule has 1 saturated heterocycles. The van der Waals surface area contributed by atoms with E-state index in [1.54, 1.807) is 24.3 Å². The second kappa shape index (κ2) is 9.40. The van der Waals surface area contributed by atoms with Gasteiger partial charge < -0.3 is 10.1 Å². The molecule has 0 atom stereocenters. The predicted octanol–water partition coefficient (Wildman–Crippen LogP) is 3.77. The molecule has 1 amide bonds. The highest BCUT2D eigenvalue weighted by atomic mass is 32.2. The minimum absolute atomic E-state index is 0.0758. The van der Waals surface area contributed by atoms with Gasteiger partial charge in [0.05, 0.1) is 4.90 Å². The first-order valence-electron chi connectivity index (χ1n) is 10.7. The molecule has 7 heteroatoms. The van der Waals surface area contributed by atoms with Gasteiger partial charge in [-0.2, -0.15) is 4.31 Å². The minimum Gasteiger partial charge on any atom is -0.483 e. The molecule has 2 aromatic carbocycles. The van der Waals surface area contributed by atoms with Crippen LogP contribution in [0.1, 0.15) is 50.3 Å². The van der Waals surface area contributed by atoms with Gasteiger partial charge in [0.2, 0.25) is 10.0 Å². The van der Waals surface area contributed by atoms with E-state index in [-0.39, 0.29) is 17.9 Å². The number of sulfonamides is 1. The SMILES string of the molecule is Cc1ccc(OCC(=O)NCc2ccc(S(=O)(=O)N3CCCC3)cc2)c(C(C)(C)C)c1. The summed E-state index contributed by atoms with van der Waals surface area (Å²) in [5.41, 5.74) is 2.96. The number of rotatable bonds is 7. The molecule has 168 valence electrons. The first kappa shape index (κ1) is 23.3. The fraction of sp³-hybridized carbons (Fsp3) is 0.458. The quantitative estimate of drug-likeness (QED) is 0.705. The highest BCUT2D eigenvalue weighted by Crippen LogP contribution is 2.32. The molecule has 0 saturated carbocycles. The van der Waals surface area contributed by atoms with Crippen LogP contribution in [0.2, 0.25) is 0 Å². The number of amides is 1. The van der Waals surface area contributed by atoms with E-state index in [1.807, 2.05) is 19.1 Å². The maximum Gasteiger partial charge on any atom is 0.258 e. The molecule has 0 aliphatic carbocycles. The number of ether oxygens (including phenoxy) is 1. The lowest BCUT2D eigenvalue weighted by atomic mass is 9.85. The summed E-state index contributed by atoms with van der Waals surface area (Å²) in [6.45, 7) is 9.77. The number of nitrogens with zero attached hydrogens (tertiary/aromatic N) is 1. The summed E-state index contributed by atoms with van der Waals surface area (Å²) in [6, 6.07) is 12.7. The number of carbonyl (C=O) groups excluding carboxylic acids is 1. The smallest absolute Gasteiger partial charge is 0.258 e. The minimum atomic E-state index is -3.42. The van der Waals surface area contributed by atoms with Crippen molar-refractivity contribution in [2.75, 3.05) is 19.7 Å². The molecule has 31 heavy (non-hydrogen) atoms. The van der Waals surface area contributed by atoms with Gasteiger partial charge in [-0.25, -0.2) is 8.42 Å². The van der Waals surface area contributed by atoms with Crippen molar-refractivity contribution >= 4 is 15.9 Å². The lowest BCUT2D eigenvalue weighted by Crippen LogP contribution is -2.29. The maximum atomic E-state index is 12.6. The highest BCUT2D eigenvalue weighted by molar-refractivity contribution is 7.89. The summed E-state index contributed by atoms with van der Waals surface area (Å²) in [6.07, 6.45) is 1.82. The molecule has 0 bridgehead atoms. The Morgan fingerprint density at radius 1 is 1.06 bits per heavy atom. The van der Waals surface area contributed by atoms with E-state index >= 15 is 0 Å². The van der Waals surface area contributed by atoms with Crippen LogP contribution in [0.4, 0.5) is 0 Å². The molecule has 1 fully saturated rings. The molecular formula is C24H32N2O4S. The molecular weight excluding hydrogens is 412 g/mol. The van der Waals surface area contributed by atoms with Crippen LogP contribution < -0.4 is 10.1 Å². The van der Waals surface area contributed by atoms with E-state index in [4.69, 9.17) is 4.74 Å². The summed E-state index contributed by atoms with van der Waals surface area (Å²) in [4.78, 5) is 12.6. The fourth-order valence-corrected chi connectivity index (χ4v) is 5.12. The second-order valence-electron chi connectivity index (χ2n) is 9.07. The van der Waals surface area contributed by atoms with Crippen molar-refractivity contribution in [2.24, 2.45) is 0 Å². The van der Waals surface area contributed by atoms with Crippen LogP contribution in [0.5, 0.6) is 5.75 Å². The van der Waals surface area contributed by atoms with Gasteiger partial charge in [-0.3, -0.25) is 4.79 Å². The Morgan fingerprint density at radius 3 is 2.32 bits per heavy atom. The monoisotopic (exact) mass is 444 g/mol. The molecule has 0 aromatic heterocycles. The Balaban J connectivity index is 1.55. The lowest BCUT2D eigenvalue weighted by molar-refractivity contribution is -0.123. The van der Waals surface area contributed by atoms with E-state index in [2.05, 4.69) is 32.2 Å². The van der Waals surface area contributed by atoms with Crippen LogP contribution in [0.15, 0.2) is 47.4 Å². The van der Waals surface area contributed by atoms with Crippen molar-refractivity contribution in [1.29, 1.82) is 0 Å². The van der Waals surface area contributed by atoms with Gasteiger partial charge in [0.25, 0.3) is 5.91 Å². The zero-order valence-electron chi connectivity index (χ0n) is 18.8. The van der Waals surface area contributed by atoms with E-state index in [0.717, 1.165) is 29.5 Å². The third-order valence-corrected chi connectivity index (χ3v) is 7.33. The largest absolute Gasteiger partial charge is 0.483 e. The molecule has 2 aromatic rings. The number of aryl methyl sites for hydroxylation is 1. The van der Waals surface area contributed by atoms with Crippen LogP contribution in [-0.2, 0) is 26.8 Å². The van der Waals surface area contributed by atoms with Gasteiger partial charge >= 0.3 is 0 Å². The van der Waals surface area contributed by atoms with Crippen LogP contribution in [0.3, 0.4) is 0 Å². The van der Waals surface area contributed by atoms with Crippen molar-refractivity contribution in [3.63, 3.8) is 0 Å². The Morgan fingerprint density at radius 2 is 1.71 bits per heavy atom. The van der Waals surface area contributed by atoms with Crippen molar-refractivity contribution in [2.45, 2.75) is 57.4 Å². The maximum absolute atomic E-state index is 12.6. The lowest BCUT2D eigenvalue weighted by Gasteiger charge is -2.23. The standard InChI is InChI=1S/C24H32N2O4S/c1-18-7-12-22(21(15-18)24(2,3)4)30-17-23(27)25-16-19-8-10-20(11-9-19)31(28,29)26-13-5-6-14-26/h7-12,15H,5-6,13-14,16-17H2,1-4H3,(H,25,27). The van der Waals surface area contributed by atoms with Gasteiger partial charge in [-0.15, -0.1) is 0 Å². The van der Waals surface area contributed by atoms with Gasteiger partial charge in [-0.1, -0.05) is 50.6 Å². The van der Waals surface area contributed by atoms with Crippen molar-refractivity contribution in [3.8, 4) is 5.75 Å². The highest BCUT2D eigenvalue weighted by Gasteiger charge is 2.27. The van der Waals surface area contributed by atoms with Crippen LogP contribution in [0.25, 0.3) is 0 Å². The summed E-state index contributed by atoms with van der Waals surface area (Å²) in [5, 5.41) is 2.83.